The molecule has 0 amide bonds. The molecule has 4 aliphatic rings. The fraction of sp³-hybridized carbons (Fsp3) is 0.185. The first-order valence-electron chi connectivity index (χ1n) is 10.3. The molecule has 2 nitrogen and oxygen atoms in total. The average Bonchev–Trinajstić information content (AvgIpc) is 3.51. The fourth-order valence-electron chi connectivity index (χ4n) is 3.69. The van der Waals surface area contributed by atoms with Crippen LogP contribution in [0.1, 0.15) is 6.92 Å². The van der Waals surface area contributed by atoms with E-state index in [1.54, 1.807) is 0 Å². The SMILES string of the molecule is CC1=CC=C2COC=C12.C[Si](C)=CC1=CC2=CCOC2=C1.[Cl-].[Cl-].[Zr+3].c1ccc2[cH-]ccc2c1. The minimum atomic E-state index is -0.269. The Morgan fingerprint density at radius 2 is 1.82 bits per heavy atom. The number of benzene rings is 1. The van der Waals surface area contributed by atoms with Crippen LogP contribution in [-0.4, -0.2) is 27.3 Å². The van der Waals surface area contributed by atoms with Gasteiger partial charge in [0.05, 0.1) is 6.26 Å². The van der Waals surface area contributed by atoms with Crippen LogP contribution in [0.25, 0.3) is 10.8 Å². The predicted octanol–water partition coefficient (Wildman–Crippen LogP) is 0.256. The minimum Gasteiger partial charge on any atom is -1.00 e. The second-order valence-corrected chi connectivity index (χ2v) is 10.3. The normalized spacial score (nSPS) is 15.7. The number of fused-ring (bicyclic) bond motifs is 3. The molecule has 2 aromatic carbocycles. The van der Waals surface area contributed by atoms with Crippen LogP contribution >= 0.6 is 0 Å². The Hall–Kier alpha value is -1.58. The van der Waals surface area contributed by atoms with E-state index in [1.165, 1.54) is 38.6 Å². The van der Waals surface area contributed by atoms with E-state index in [-0.39, 0.29) is 59.4 Å². The summed E-state index contributed by atoms with van der Waals surface area (Å²) in [5.74, 6) is 1.06. The van der Waals surface area contributed by atoms with Crippen molar-refractivity contribution in [1.29, 1.82) is 0 Å². The molecule has 2 heterocycles. The maximum atomic E-state index is 5.40. The molecule has 0 N–H and O–H groups in total. The van der Waals surface area contributed by atoms with Gasteiger partial charge in [-0.3, -0.25) is 0 Å². The molecule has 0 spiro atoms. The maximum Gasteiger partial charge on any atom is 3.00 e. The summed E-state index contributed by atoms with van der Waals surface area (Å²) in [5.41, 5.74) is 8.88. The Kier molecular flexibility index (Phi) is 12.5. The Balaban J connectivity index is 0.000000240. The summed E-state index contributed by atoms with van der Waals surface area (Å²) in [6.07, 6.45) is 12.6. The van der Waals surface area contributed by atoms with Crippen LogP contribution < -0.4 is 24.8 Å². The molecule has 0 saturated heterocycles. The van der Waals surface area contributed by atoms with Gasteiger partial charge >= 0.3 is 26.2 Å². The van der Waals surface area contributed by atoms with Gasteiger partial charge in [0.15, 0.2) is 0 Å². The van der Waals surface area contributed by atoms with E-state index in [0.717, 1.165) is 19.0 Å². The Labute approximate surface area is 230 Å². The van der Waals surface area contributed by atoms with Gasteiger partial charge in [0.25, 0.3) is 0 Å². The van der Waals surface area contributed by atoms with Crippen LogP contribution in [0, 0.1) is 0 Å². The van der Waals surface area contributed by atoms with E-state index < -0.39 is 0 Å². The van der Waals surface area contributed by atoms with Crippen LogP contribution in [-0.2, 0) is 35.7 Å². The van der Waals surface area contributed by atoms with E-state index in [1.807, 2.05) is 6.26 Å². The zero-order valence-corrected chi connectivity index (χ0v) is 24.0. The first-order valence-corrected chi connectivity index (χ1v) is 12.9. The zero-order chi connectivity index (χ0) is 20.9. The van der Waals surface area contributed by atoms with E-state index in [2.05, 4.69) is 98.5 Å². The number of rotatable bonds is 1. The molecule has 6 rings (SSSR count). The monoisotopic (exact) mass is 571 g/mol. The van der Waals surface area contributed by atoms with Gasteiger partial charge < -0.3 is 34.3 Å². The van der Waals surface area contributed by atoms with Crippen molar-refractivity contribution in [3.8, 4) is 0 Å². The second kappa shape index (κ2) is 14.0. The maximum absolute atomic E-state index is 5.40. The Morgan fingerprint density at radius 3 is 2.52 bits per heavy atom. The van der Waals surface area contributed by atoms with Gasteiger partial charge in [0, 0.05) is 19.6 Å². The van der Waals surface area contributed by atoms with Gasteiger partial charge in [0.2, 0.25) is 0 Å². The average molecular weight is 574 g/mol. The van der Waals surface area contributed by atoms with Gasteiger partial charge in [-0.2, -0.15) is 17.5 Å². The van der Waals surface area contributed by atoms with Crippen LogP contribution in [0.3, 0.4) is 0 Å². The zero-order valence-electron chi connectivity index (χ0n) is 19.1. The van der Waals surface area contributed by atoms with Crippen molar-refractivity contribution in [2.75, 3.05) is 13.2 Å². The van der Waals surface area contributed by atoms with Gasteiger partial charge in [0.1, 0.15) is 19.0 Å². The summed E-state index contributed by atoms with van der Waals surface area (Å²) in [4.78, 5) is 0. The van der Waals surface area contributed by atoms with E-state index in [9.17, 15) is 0 Å². The van der Waals surface area contributed by atoms with Crippen LogP contribution in [0.2, 0.25) is 13.1 Å². The quantitative estimate of drug-likeness (QED) is 0.360. The topological polar surface area (TPSA) is 18.5 Å². The number of hydrogen-bond acceptors (Lipinski definition) is 2. The number of halogens is 2. The van der Waals surface area contributed by atoms with Gasteiger partial charge in [-0.05, 0) is 41.9 Å². The smallest absolute Gasteiger partial charge is 1.00 e. The predicted molar refractivity (Wildman–Crippen MR) is 129 cm³/mol. The molecule has 2 aliphatic heterocycles. The van der Waals surface area contributed by atoms with Crippen LogP contribution in [0.5, 0.6) is 0 Å². The molecule has 169 valence electrons. The third-order valence-electron chi connectivity index (χ3n) is 5.19. The molecule has 1 radical (unpaired) electrons. The van der Waals surface area contributed by atoms with Crippen LogP contribution in [0.4, 0.5) is 0 Å². The standard InChI is InChI=1S/C10H12OSi.C9H7.C8H8O.2ClH.Zr/c1-12(2)7-8-5-9-3-4-11-10(9)6-8;1-2-5-9-7-3-6-8(9)4-1;1-6-2-3-7-4-9-5-8(6)7;;;/h3,5-7H,4H2,1-2H3;1-7H;2-3,5H,4H2,1H3;2*1H;/q;-1;;;;+3/p-2. The van der Waals surface area contributed by atoms with Gasteiger partial charge in [-0.25, -0.2) is 0 Å². The molecule has 0 atom stereocenters. The number of ether oxygens (including phenoxy) is 2. The first kappa shape index (κ1) is 29.5. The van der Waals surface area contributed by atoms with Gasteiger partial charge in [-0.15, -0.1) is 29.7 Å². The summed E-state index contributed by atoms with van der Waals surface area (Å²) in [7, 11) is -0.269. The largest absolute Gasteiger partial charge is 3.00 e. The molecule has 0 saturated carbocycles. The molecule has 0 aromatic heterocycles. The minimum absolute atomic E-state index is 0. The van der Waals surface area contributed by atoms with Crippen molar-refractivity contribution < 1.29 is 60.5 Å². The van der Waals surface area contributed by atoms with E-state index in [4.69, 9.17) is 9.47 Å². The van der Waals surface area contributed by atoms with E-state index >= 15 is 0 Å². The fourth-order valence-corrected chi connectivity index (χ4v) is 4.52. The molecule has 0 unspecified atom stereocenters. The second-order valence-electron chi connectivity index (χ2n) is 7.88. The number of allylic oxidation sites excluding steroid dienone is 6. The Morgan fingerprint density at radius 1 is 1.03 bits per heavy atom. The summed E-state index contributed by atoms with van der Waals surface area (Å²) < 4.78 is 10.5. The molecule has 0 fully saturated rings. The molecule has 0 bridgehead atoms. The van der Waals surface area contributed by atoms with E-state index in [0.29, 0.717) is 0 Å². The summed E-state index contributed by atoms with van der Waals surface area (Å²) >= 11 is 0. The van der Waals surface area contributed by atoms with Crippen molar-refractivity contribution in [1.82, 2.24) is 0 Å². The number of hydrogen-bond donors (Lipinski definition) is 0. The van der Waals surface area contributed by atoms with Crippen molar-refractivity contribution in [2.24, 2.45) is 0 Å². The van der Waals surface area contributed by atoms with Crippen molar-refractivity contribution in [2.45, 2.75) is 20.0 Å². The molecular weight excluding hydrogens is 547 g/mol. The summed E-state index contributed by atoms with van der Waals surface area (Å²) in [6.45, 7) is 8.19. The van der Waals surface area contributed by atoms with Crippen LogP contribution in [0.15, 0.2) is 113 Å². The molecule has 2 aliphatic carbocycles. The van der Waals surface area contributed by atoms with Crippen molar-refractivity contribution in [3.63, 3.8) is 0 Å². The molecule has 2 aromatic rings. The third-order valence-corrected chi connectivity index (χ3v) is 6.11. The first-order chi connectivity index (χ1) is 14.6. The Bertz CT molecular complexity index is 1150. The van der Waals surface area contributed by atoms with Gasteiger partial charge in [-0.1, -0.05) is 37.0 Å². The summed E-state index contributed by atoms with van der Waals surface area (Å²) in [5, 5.41) is 2.66. The molecule has 33 heavy (non-hydrogen) atoms. The molecule has 6 heteroatoms. The summed E-state index contributed by atoms with van der Waals surface area (Å²) in [6, 6.07) is 14.7. The van der Waals surface area contributed by atoms with Crippen molar-refractivity contribution >= 4 is 24.9 Å². The third kappa shape index (κ3) is 7.72. The molecular formula is C27H27Cl2O2SiZr. The van der Waals surface area contributed by atoms with Crippen molar-refractivity contribution in [3.05, 3.63) is 113 Å².